The Kier molecular flexibility index (Phi) is 37.1. The maximum Gasteiger partial charge on any atom is 0.306 e. The summed E-state index contributed by atoms with van der Waals surface area (Å²) in [5, 5.41) is 9.55. The van der Waals surface area contributed by atoms with Gasteiger partial charge >= 0.3 is 11.9 Å². The number of allylic oxidation sites excluding steroid dienone is 10. The lowest BCUT2D eigenvalue weighted by molar-refractivity contribution is -0.161. The fourth-order valence-corrected chi connectivity index (χ4v) is 5.30. The average Bonchev–Trinajstić information content (AvgIpc) is 3.09. The summed E-state index contributed by atoms with van der Waals surface area (Å²) < 4.78 is 10.6. The van der Waals surface area contributed by atoms with Crippen LogP contribution < -0.4 is 0 Å². The number of carbonyl (C=O) groups excluding carboxylic acids is 2. The maximum atomic E-state index is 12.2. The Labute approximate surface area is 296 Å². The number of rotatable bonds is 35. The van der Waals surface area contributed by atoms with Crippen LogP contribution in [-0.4, -0.2) is 36.4 Å². The van der Waals surface area contributed by atoms with Crippen molar-refractivity contribution in [2.24, 2.45) is 0 Å². The third-order valence-electron chi connectivity index (χ3n) is 8.30. The highest BCUT2D eigenvalue weighted by molar-refractivity contribution is 5.70. The van der Waals surface area contributed by atoms with Crippen molar-refractivity contribution < 1.29 is 24.2 Å². The lowest BCUT2D eigenvalue weighted by atomic mass is 10.1. The fraction of sp³-hybridized carbons (Fsp3) is 0.721. The van der Waals surface area contributed by atoms with E-state index in [2.05, 4.69) is 74.6 Å². The number of unbranched alkanes of at least 4 members (excludes halogenated alkanes) is 17. The molecular weight excluding hydrogens is 596 g/mol. The molecule has 5 heteroatoms. The lowest BCUT2D eigenvalue weighted by Crippen LogP contribution is -2.28. The van der Waals surface area contributed by atoms with Gasteiger partial charge in [0.25, 0.3) is 0 Å². The number of ether oxygens (including phenoxy) is 2. The monoisotopic (exact) mass is 671 g/mol. The minimum Gasteiger partial charge on any atom is -0.462 e. The van der Waals surface area contributed by atoms with Gasteiger partial charge in [-0.25, -0.2) is 0 Å². The molecule has 1 N–H and O–H groups in total. The Balaban J connectivity index is 3.61. The number of esters is 2. The minimum absolute atomic E-state index is 0.0899. The van der Waals surface area contributed by atoms with E-state index in [-0.39, 0.29) is 25.2 Å². The van der Waals surface area contributed by atoms with Crippen LogP contribution in [0.15, 0.2) is 60.8 Å². The van der Waals surface area contributed by atoms with Crippen molar-refractivity contribution in [2.75, 3.05) is 13.2 Å². The smallest absolute Gasteiger partial charge is 0.306 e. The summed E-state index contributed by atoms with van der Waals surface area (Å²) in [6.07, 6.45) is 50.0. The van der Waals surface area contributed by atoms with Crippen molar-refractivity contribution in [3.8, 4) is 0 Å². The molecule has 276 valence electrons. The first kappa shape index (κ1) is 45.6. The Bertz CT molecular complexity index is 853. The van der Waals surface area contributed by atoms with Crippen LogP contribution in [0.5, 0.6) is 0 Å². The van der Waals surface area contributed by atoms with Crippen molar-refractivity contribution >= 4 is 11.9 Å². The zero-order chi connectivity index (χ0) is 35.0. The zero-order valence-electron chi connectivity index (χ0n) is 31.2. The topological polar surface area (TPSA) is 72.8 Å². The standard InChI is InChI=1S/C43H74O5/c1-3-5-7-9-11-13-15-17-19-20-21-22-24-26-28-30-32-34-36-38-43(46)48-41(39-44)40-47-42(45)37-35-33-31-29-27-25-23-18-16-14-12-10-8-6-4-2/h6,8,12,14,17-19,23,27,29,41,44H,3-5,7,9-11,13,15-16,20-22,24-26,28,30-40H2,1-2H3. The third kappa shape index (κ3) is 36.4. The van der Waals surface area contributed by atoms with Crippen molar-refractivity contribution in [1.82, 2.24) is 0 Å². The largest absolute Gasteiger partial charge is 0.462 e. The molecule has 0 amide bonds. The van der Waals surface area contributed by atoms with E-state index in [4.69, 9.17) is 9.47 Å². The number of aliphatic hydroxyl groups is 1. The molecular formula is C43H74O5. The third-order valence-corrected chi connectivity index (χ3v) is 8.30. The molecule has 1 atom stereocenters. The molecule has 5 nitrogen and oxygen atoms in total. The molecule has 0 rings (SSSR count). The molecule has 0 aliphatic rings. The summed E-state index contributed by atoms with van der Waals surface area (Å²) in [5.74, 6) is -0.644. The number of hydrogen-bond acceptors (Lipinski definition) is 5. The first-order valence-electron chi connectivity index (χ1n) is 19.8. The summed E-state index contributed by atoms with van der Waals surface area (Å²) in [7, 11) is 0. The number of hydrogen-bond donors (Lipinski definition) is 1. The first-order valence-corrected chi connectivity index (χ1v) is 19.8. The number of carbonyl (C=O) groups is 2. The molecule has 0 aromatic carbocycles. The van der Waals surface area contributed by atoms with E-state index in [0.717, 1.165) is 64.2 Å². The normalized spacial score (nSPS) is 12.8. The van der Waals surface area contributed by atoms with Gasteiger partial charge in [0.1, 0.15) is 6.61 Å². The van der Waals surface area contributed by atoms with Crippen LogP contribution in [0.1, 0.15) is 181 Å². The van der Waals surface area contributed by atoms with Crippen molar-refractivity contribution in [1.29, 1.82) is 0 Å². The van der Waals surface area contributed by atoms with Gasteiger partial charge in [-0.2, -0.15) is 0 Å². The molecule has 0 spiro atoms. The fourth-order valence-electron chi connectivity index (χ4n) is 5.30. The minimum atomic E-state index is -0.790. The van der Waals surface area contributed by atoms with Crippen molar-refractivity contribution in [2.45, 2.75) is 187 Å². The Morgan fingerprint density at radius 2 is 0.896 bits per heavy atom. The highest BCUT2D eigenvalue weighted by atomic mass is 16.6. The average molecular weight is 671 g/mol. The van der Waals surface area contributed by atoms with Crippen molar-refractivity contribution in [3.63, 3.8) is 0 Å². The quantitative estimate of drug-likeness (QED) is 0.0413. The van der Waals surface area contributed by atoms with E-state index in [1.165, 1.54) is 89.9 Å². The summed E-state index contributed by atoms with van der Waals surface area (Å²) in [6, 6.07) is 0. The van der Waals surface area contributed by atoms with E-state index in [0.29, 0.717) is 12.8 Å². The summed E-state index contributed by atoms with van der Waals surface area (Å²) >= 11 is 0. The zero-order valence-corrected chi connectivity index (χ0v) is 31.2. The number of aliphatic hydroxyl groups excluding tert-OH is 1. The molecule has 0 aliphatic carbocycles. The second kappa shape index (κ2) is 39.0. The molecule has 0 aromatic rings. The summed E-state index contributed by atoms with van der Waals surface area (Å²) in [5.41, 5.74) is 0. The van der Waals surface area contributed by atoms with Gasteiger partial charge in [-0.1, -0.05) is 152 Å². The van der Waals surface area contributed by atoms with E-state index >= 15 is 0 Å². The Morgan fingerprint density at radius 3 is 1.42 bits per heavy atom. The second-order valence-electron chi connectivity index (χ2n) is 13.0. The lowest BCUT2D eigenvalue weighted by Gasteiger charge is -2.15. The molecule has 0 fully saturated rings. The Morgan fingerprint density at radius 1 is 0.500 bits per heavy atom. The molecule has 1 unspecified atom stereocenters. The maximum absolute atomic E-state index is 12.2. The molecule has 0 radical (unpaired) electrons. The van der Waals surface area contributed by atoms with Crippen LogP contribution in [-0.2, 0) is 19.1 Å². The molecule has 0 aromatic heterocycles. The molecule has 0 saturated carbocycles. The van der Waals surface area contributed by atoms with Crippen LogP contribution >= 0.6 is 0 Å². The highest BCUT2D eigenvalue weighted by Gasteiger charge is 2.16. The predicted molar refractivity (Wildman–Crippen MR) is 205 cm³/mol. The van der Waals surface area contributed by atoms with E-state index in [1.807, 2.05) is 0 Å². The SMILES string of the molecule is CCC=CCC=CCC=CCC=CCCCCC(=O)OCC(CO)OC(=O)CCCCCCCCCCCC=CCCCCCCCC. The van der Waals surface area contributed by atoms with Gasteiger partial charge in [0.2, 0.25) is 0 Å². The van der Waals surface area contributed by atoms with Crippen LogP contribution in [0.2, 0.25) is 0 Å². The molecule has 0 heterocycles. The van der Waals surface area contributed by atoms with Crippen LogP contribution in [0, 0.1) is 0 Å². The van der Waals surface area contributed by atoms with Gasteiger partial charge in [0.15, 0.2) is 6.10 Å². The van der Waals surface area contributed by atoms with E-state index in [9.17, 15) is 14.7 Å². The van der Waals surface area contributed by atoms with Gasteiger partial charge in [0, 0.05) is 12.8 Å². The van der Waals surface area contributed by atoms with Crippen LogP contribution in [0.3, 0.4) is 0 Å². The first-order chi connectivity index (χ1) is 23.6. The molecule has 0 aliphatic heterocycles. The van der Waals surface area contributed by atoms with Crippen molar-refractivity contribution in [3.05, 3.63) is 60.8 Å². The summed E-state index contributed by atoms with van der Waals surface area (Å²) in [6.45, 7) is 3.97. The van der Waals surface area contributed by atoms with Crippen LogP contribution in [0.25, 0.3) is 0 Å². The van der Waals surface area contributed by atoms with Gasteiger partial charge in [0.05, 0.1) is 6.61 Å². The van der Waals surface area contributed by atoms with Gasteiger partial charge in [-0.15, -0.1) is 0 Å². The highest BCUT2D eigenvalue weighted by Crippen LogP contribution is 2.13. The molecule has 48 heavy (non-hydrogen) atoms. The van der Waals surface area contributed by atoms with Gasteiger partial charge < -0.3 is 14.6 Å². The Hall–Kier alpha value is -2.40. The van der Waals surface area contributed by atoms with Gasteiger partial charge in [-0.05, 0) is 77.0 Å². The summed E-state index contributed by atoms with van der Waals surface area (Å²) in [4.78, 5) is 24.2. The van der Waals surface area contributed by atoms with E-state index in [1.54, 1.807) is 0 Å². The molecule has 0 bridgehead atoms. The van der Waals surface area contributed by atoms with E-state index < -0.39 is 6.10 Å². The van der Waals surface area contributed by atoms with Gasteiger partial charge in [-0.3, -0.25) is 9.59 Å². The second-order valence-corrected chi connectivity index (χ2v) is 13.0. The molecule has 0 saturated heterocycles. The van der Waals surface area contributed by atoms with Crippen LogP contribution in [0.4, 0.5) is 0 Å². The predicted octanol–water partition coefficient (Wildman–Crippen LogP) is 12.4.